The maximum absolute atomic E-state index is 2.72. The largest absolute Gasteiger partial charge is 0.311 e. The number of hydrogen-bond acceptors (Lipinski definition) is 3. The van der Waals surface area contributed by atoms with Crippen molar-refractivity contribution < 1.29 is 0 Å². The second-order valence-electron chi connectivity index (χ2n) is 28.1. The lowest BCUT2D eigenvalue weighted by Crippen LogP contribution is -2.60. The zero-order valence-electron chi connectivity index (χ0n) is 46.5. The van der Waals surface area contributed by atoms with Crippen molar-refractivity contribution in [3.63, 3.8) is 0 Å². The molecule has 1 aromatic heterocycles. The molecule has 0 saturated heterocycles. The zero-order valence-corrected chi connectivity index (χ0v) is 47.3. The Kier molecular flexibility index (Phi) is 10.5. The quantitative estimate of drug-likeness (QED) is 0.163. The normalized spacial score (nSPS) is 18.4. The second kappa shape index (κ2) is 15.5. The molecule has 0 spiro atoms. The molecule has 0 radical (unpaired) electrons. The van der Waals surface area contributed by atoms with Crippen LogP contribution < -0.4 is 25.5 Å². The van der Waals surface area contributed by atoms with Crippen molar-refractivity contribution in [1.82, 2.24) is 0 Å². The van der Waals surface area contributed by atoms with Crippen LogP contribution in [-0.2, 0) is 37.9 Å². The number of aryl methyl sites for hydroxylation is 1. The van der Waals surface area contributed by atoms with Gasteiger partial charge in [-0.3, -0.25) is 0 Å². The molecule has 2 nitrogen and oxygen atoms in total. The van der Waals surface area contributed by atoms with Gasteiger partial charge in [0.2, 0.25) is 0 Å². The monoisotopic (exact) mass is 955 g/mol. The van der Waals surface area contributed by atoms with Crippen LogP contribution in [0.25, 0.3) is 21.2 Å². The van der Waals surface area contributed by atoms with E-state index in [0.717, 1.165) is 6.42 Å². The fraction of sp³-hybridized carbons (Fsp3) is 0.433. The van der Waals surface area contributed by atoms with Crippen LogP contribution >= 0.6 is 11.3 Å². The minimum atomic E-state index is -0.0351. The van der Waals surface area contributed by atoms with Crippen LogP contribution in [0.2, 0.25) is 0 Å². The van der Waals surface area contributed by atoms with E-state index < -0.39 is 0 Å². The highest BCUT2D eigenvalue weighted by atomic mass is 32.1. The Hall–Kier alpha value is -5.06. The van der Waals surface area contributed by atoms with Gasteiger partial charge in [-0.2, -0.15) is 0 Å². The molecule has 0 bridgehead atoms. The van der Waals surface area contributed by atoms with Crippen LogP contribution in [-0.4, -0.2) is 6.71 Å². The van der Waals surface area contributed by atoms with E-state index >= 15 is 0 Å². The Labute approximate surface area is 432 Å². The smallest absolute Gasteiger partial charge is 0.264 e. The van der Waals surface area contributed by atoms with E-state index in [1.165, 1.54) is 135 Å². The van der Waals surface area contributed by atoms with E-state index in [-0.39, 0.29) is 44.6 Å². The van der Waals surface area contributed by atoms with Crippen molar-refractivity contribution >= 4 is 78.0 Å². The summed E-state index contributed by atoms with van der Waals surface area (Å²) >= 11 is 2.02. The average molecular weight is 955 g/mol. The van der Waals surface area contributed by atoms with Gasteiger partial charge in [-0.15, -0.1) is 11.3 Å². The third kappa shape index (κ3) is 7.60. The molecule has 366 valence electrons. The lowest BCUT2D eigenvalue weighted by atomic mass is 9.36. The van der Waals surface area contributed by atoms with Gasteiger partial charge in [0.05, 0.1) is 11.4 Å². The summed E-state index contributed by atoms with van der Waals surface area (Å²) in [6.45, 7) is 43.4. The van der Waals surface area contributed by atoms with Crippen molar-refractivity contribution in [2.75, 3.05) is 9.80 Å². The van der Waals surface area contributed by atoms with Crippen LogP contribution in [0.5, 0.6) is 0 Å². The third-order valence-corrected chi connectivity index (χ3v) is 19.1. The molecule has 0 fully saturated rings. The van der Waals surface area contributed by atoms with Crippen LogP contribution in [0, 0.1) is 6.92 Å². The summed E-state index contributed by atoms with van der Waals surface area (Å²) in [7, 11) is 0. The summed E-state index contributed by atoms with van der Waals surface area (Å²) in [5, 5.41) is 1.36. The maximum Gasteiger partial charge on any atom is 0.264 e. The molecule has 0 amide bonds. The molecule has 4 aliphatic rings. The van der Waals surface area contributed by atoms with Gasteiger partial charge < -0.3 is 9.80 Å². The number of anilines is 6. The number of benzene rings is 6. The summed E-state index contributed by atoms with van der Waals surface area (Å²) in [6.07, 6.45) is 4.71. The summed E-state index contributed by atoms with van der Waals surface area (Å²) < 4.78 is 2.80. The minimum Gasteiger partial charge on any atom is -0.311 e. The van der Waals surface area contributed by atoms with E-state index in [4.69, 9.17) is 0 Å². The summed E-state index contributed by atoms with van der Waals surface area (Å²) in [5.74, 6) is 0. The van der Waals surface area contributed by atoms with Gasteiger partial charge in [-0.1, -0.05) is 166 Å². The SMILES string of the molecule is Cc1cc2c3c(c1)N(c1ccc4c(c1)C(C)(C)CCC4(C)C)c1c(sc4ccc(C(C)(C)C)cc14)B3c1cc(C(C)(C)C)ccc1N2c1cc2c(cc1-c1ccc(C(C)(C)C)cc1)C(C)(C)CCC2(C)C. The van der Waals surface area contributed by atoms with E-state index in [9.17, 15) is 0 Å². The van der Waals surface area contributed by atoms with Crippen LogP contribution in [0.15, 0.2) is 103 Å². The van der Waals surface area contributed by atoms with Crippen molar-refractivity contribution in [2.24, 2.45) is 0 Å². The molecule has 11 rings (SSSR count). The van der Waals surface area contributed by atoms with Crippen LogP contribution in [0.1, 0.15) is 188 Å². The first-order valence-electron chi connectivity index (χ1n) is 26.9. The van der Waals surface area contributed by atoms with E-state index in [2.05, 4.69) is 238 Å². The van der Waals surface area contributed by atoms with Gasteiger partial charge in [0.15, 0.2) is 0 Å². The fourth-order valence-corrected chi connectivity index (χ4v) is 14.3. The molecule has 71 heavy (non-hydrogen) atoms. The molecule has 0 unspecified atom stereocenters. The Morgan fingerprint density at radius 3 is 1.56 bits per heavy atom. The van der Waals surface area contributed by atoms with Gasteiger partial charge in [-0.05, 0) is 186 Å². The summed E-state index contributed by atoms with van der Waals surface area (Å²) in [4.78, 5) is 5.45. The Bertz CT molecular complexity index is 3330. The van der Waals surface area contributed by atoms with Gasteiger partial charge in [0, 0.05) is 43.2 Å². The van der Waals surface area contributed by atoms with Crippen molar-refractivity contribution in [3.05, 3.63) is 148 Å². The minimum absolute atomic E-state index is 0.00851. The van der Waals surface area contributed by atoms with E-state index in [1.54, 1.807) is 0 Å². The fourth-order valence-electron chi connectivity index (χ4n) is 13.0. The Morgan fingerprint density at radius 2 is 0.972 bits per heavy atom. The van der Waals surface area contributed by atoms with Crippen LogP contribution in [0.4, 0.5) is 34.1 Å². The summed E-state index contributed by atoms with van der Waals surface area (Å²) in [5.41, 5.74) is 24.8. The average Bonchev–Trinajstić information content (AvgIpc) is 3.66. The van der Waals surface area contributed by atoms with Crippen molar-refractivity contribution in [2.45, 2.75) is 188 Å². The molecule has 7 aromatic rings. The molecule has 6 aromatic carbocycles. The molecular weight excluding hydrogens is 876 g/mol. The lowest BCUT2D eigenvalue weighted by Gasteiger charge is -2.46. The number of fused-ring (bicyclic) bond motifs is 8. The number of thiophene rings is 1. The molecule has 2 aliphatic heterocycles. The highest BCUT2D eigenvalue weighted by Crippen LogP contribution is 2.55. The van der Waals surface area contributed by atoms with Crippen molar-refractivity contribution in [1.29, 1.82) is 0 Å². The van der Waals surface area contributed by atoms with E-state index in [0.29, 0.717) is 0 Å². The Morgan fingerprint density at radius 1 is 0.465 bits per heavy atom. The van der Waals surface area contributed by atoms with Gasteiger partial charge in [0.25, 0.3) is 6.71 Å². The molecule has 0 atom stereocenters. The van der Waals surface area contributed by atoms with Gasteiger partial charge in [-0.25, -0.2) is 0 Å². The summed E-state index contributed by atoms with van der Waals surface area (Å²) in [6, 6.07) is 42.4. The topological polar surface area (TPSA) is 6.48 Å². The number of rotatable bonds is 3. The molecule has 0 N–H and O–H groups in total. The molecule has 2 aliphatic carbocycles. The first-order chi connectivity index (χ1) is 33.0. The maximum atomic E-state index is 2.72. The number of hydrogen-bond donors (Lipinski definition) is 0. The number of nitrogens with zero attached hydrogens (tertiary/aromatic N) is 2. The van der Waals surface area contributed by atoms with Gasteiger partial charge >= 0.3 is 0 Å². The predicted molar refractivity (Wildman–Crippen MR) is 313 cm³/mol. The molecule has 4 heteroatoms. The third-order valence-electron chi connectivity index (χ3n) is 17.9. The van der Waals surface area contributed by atoms with E-state index in [1.807, 2.05) is 11.3 Å². The van der Waals surface area contributed by atoms with Gasteiger partial charge in [0.1, 0.15) is 0 Å². The lowest BCUT2D eigenvalue weighted by molar-refractivity contribution is 0.332. The first-order valence-corrected chi connectivity index (χ1v) is 27.7. The standard InChI is InChI=1S/C67H79BN2S/c1-40-33-55-58-56(34-40)70(54-39-51-50(66(15,16)31-32-67(51,17)18)38-46(54)41-19-21-42(22-20-41)61(2,3)4)53-27-23-44(63(8,9)10)36-52(53)68(58)60-59(47-35-43(62(5,6)7)24-28-57(47)71-60)69(55)45-25-26-48-49(37-45)65(13,14)30-29-64(48,11)12/h19-28,33-39H,29-32H2,1-18H3. The first kappa shape index (κ1) is 48.2. The Balaban J connectivity index is 1.27. The zero-order chi connectivity index (χ0) is 50.9. The van der Waals surface area contributed by atoms with Crippen molar-refractivity contribution in [3.8, 4) is 11.1 Å². The van der Waals surface area contributed by atoms with Crippen LogP contribution in [0.3, 0.4) is 0 Å². The highest BCUT2D eigenvalue weighted by molar-refractivity contribution is 7.33. The second-order valence-corrected chi connectivity index (χ2v) is 29.2. The highest BCUT2D eigenvalue weighted by Gasteiger charge is 2.48. The molecular formula is C67H79BN2S. The predicted octanol–water partition coefficient (Wildman–Crippen LogP) is 17.5. The molecule has 0 saturated carbocycles. The molecule has 3 heterocycles.